The molecule has 0 saturated heterocycles. The van der Waals surface area contributed by atoms with Crippen LogP contribution in [0.15, 0.2) is 12.1 Å². The molecular weight excluding hydrogens is 250 g/mol. The van der Waals surface area contributed by atoms with Crippen LogP contribution in [-0.2, 0) is 4.79 Å². The van der Waals surface area contributed by atoms with Crippen molar-refractivity contribution in [2.24, 2.45) is 0 Å². The number of hydrogen-bond donors (Lipinski definition) is 1. The van der Waals surface area contributed by atoms with Crippen LogP contribution in [0.2, 0.25) is 0 Å². The van der Waals surface area contributed by atoms with Crippen LogP contribution >= 0.6 is 0 Å². The van der Waals surface area contributed by atoms with Crippen molar-refractivity contribution >= 4 is 11.7 Å². The molecule has 0 aliphatic rings. The molecule has 0 unspecified atom stereocenters. The largest absolute Gasteiger partial charge is 0.481 e. The van der Waals surface area contributed by atoms with Gasteiger partial charge in [-0.15, -0.1) is 0 Å². The molecule has 3 nitrogen and oxygen atoms in total. The summed E-state index contributed by atoms with van der Waals surface area (Å²) < 4.78 is 0. The average molecular weight is 277 g/mol. The van der Waals surface area contributed by atoms with Crippen LogP contribution in [0.1, 0.15) is 49.3 Å². The maximum atomic E-state index is 10.9. The summed E-state index contributed by atoms with van der Waals surface area (Å²) >= 11 is 0. The van der Waals surface area contributed by atoms with Crippen molar-refractivity contribution < 1.29 is 9.90 Å². The number of aliphatic carboxylic acids is 1. The van der Waals surface area contributed by atoms with Gasteiger partial charge in [0.1, 0.15) is 0 Å². The van der Waals surface area contributed by atoms with Crippen LogP contribution in [0.3, 0.4) is 0 Å². The minimum atomic E-state index is -0.729. The van der Waals surface area contributed by atoms with Crippen molar-refractivity contribution in [2.75, 3.05) is 18.0 Å². The first kappa shape index (κ1) is 16.5. The maximum Gasteiger partial charge on any atom is 0.305 e. The number of nitrogens with zero attached hydrogens (tertiary/aromatic N) is 1. The highest BCUT2D eigenvalue weighted by molar-refractivity contribution is 5.68. The zero-order valence-electron chi connectivity index (χ0n) is 13.2. The lowest BCUT2D eigenvalue weighted by Crippen LogP contribution is -2.28. The van der Waals surface area contributed by atoms with Gasteiger partial charge in [0.2, 0.25) is 0 Å². The Hall–Kier alpha value is -1.51. The van der Waals surface area contributed by atoms with Gasteiger partial charge in [-0.3, -0.25) is 4.79 Å². The molecule has 0 spiro atoms. The van der Waals surface area contributed by atoms with Gasteiger partial charge in [-0.2, -0.15) is 0 Å². The SMILES string of the molecule is CCCCCN(CCC(=O)O)c1c(C)cc(C)cc1C. The van der Waals surface area contributed by atoms with Crippen molar-refractivity contribution in [3.05, 3.63) is 28.8 Å². The van der Waals surface area contributed by atoms with Crippen LogP contribution in [0, 0.1) is 20.8 Å². The third-order valence-corrected chi connectivity index (χ3v) is 3.58. The fourth-order valence-electron chi connectivity index (χ4n) is 2.79. The molecule has 1 aromatic rings. The second kappa shape index (κ2) is 7.93. The summed E-state index contributed by atoms with van der Waals surface area (Å²) in [5.74, 6) is -0.729. The average Bonchev–Trinajstić information content (AvgIpc) is 2.34. The molecule has 0 bridgehead atoms. The first-order valence-electron chi connectivity index (χ1n) is 7.50. The van der Waals surface area contributed by atoms with Crippen molar-refractivity contribution in [3.8, 4) is 0 Å². The van der Waals surface area contributed by atoms with Gasteiger partial charge in [0.15, 0.2) is 0 Å². The third kappa shape index (κ3) is 4.87. The van der Waals surface area contributed by atoms with E-state index in [1.54, 1.807) is 0 Å². The topological polar surface area (TPSA) is 40.5 Å². The molecule has 0 saturated carbocycles. The summed E-state index contributed by atoms with van der Waals surface area (Å²) in [4.78, 5) is 13.1. The zero-order valence-corrected chi connectivity index (χ0v) is 13.2. The van der Waals surface area contributed by atoms with E-state index in [2.05, 4.69) is 44.7 Å². The first-order chi connectivity index (χ1) is 9.45. The second-order valence-corrected chi connectivity index (χ2v) is 5.59. The van der Waals surface area contributed by atoms with E-state index in [0.29, 0.717) is 6.54 Å². The fourth-order valence-corrected chi connectivity index (χ4v) is 2.79. The van der Waals surface area contributed by atoms with Crippen molar-refractivity contribution in [1.82, 2.24) is 0 Å². The highest BCUT2D eigenvalue weighted by atomic mass is 16.4. The van der Waals surface area contributed by atoms with Gasteiger partial charge in [-0.25, -0.2) is 0 Å². The molecule has 0 atom stereocenters. The molecule has 1 N–H and O–H groups in total. The lowest BCUT2D eigenvalue weighted by Gasteiger charge is -2.28. The Labute approximate surface area is 122 Å². The Balaban J connectivity index is 2.93. The third-order valence-electron chi connectivity index (χ3n) is 3.58. The van der Waals surface area contributed by atoms with Gasteiger partial charge >= 0.3 is 5.97 Å². The summed E-state index contributed by atoms with van der Waals surface area (Å²) in [6.07, 6.45) is 3.67. The van der Waals surface area contributed by atoms with E-state index in [9.17, 15) is 4.79 Å². The molecule has 1 aromatic carbocycles. The molecule has 0 aliphatic heterocycles. The van der Waals surface area contributed by atoms with E-state index in [-0.39, 0.29) is 6.42 Å². The highest BCUT2D eigenvalue weighted by Crippen LogP contribution is 2.27. The van der Waals surface area contributed by atoms with Gasteiger partial charge in [0, 0.05) is 18.8 Å². The van der Waals surface area contributed by atoms with Crippen LogP contribution in [0.5, 0.6) is 0 Å². The minimum Gasteiger partial charge on any atom is -0.481 e. The Kier molecular flexibility index (Phi) is 6.56. The van der Waals surface area contributed by atoms with Crippen LogP contribution in [0.4, 0.5) is 5.69 Å². The lowest BCUT2D eigenvalue weighted by molar-refractivity contribution is -0.136. The van der Waals surface area contributed by atoms with E-state index in [1.165, 1.54) is 35.2 Å². The first-order valence-corrected chi connectivity index (χ1v) is 7.50. The number of unbranched alkanes of at least 4 members (excludes halogenated alkanes) is 2. The summed E-state index contributed by atoms with van der Waals surface area (Å²) in [6, 6.07) is 4.35. The lowest BCUT2D eigenvalue weighted by atomic mass is 10.0. The van der Waals surface area contributed by atoms with E-state index in [4.69, 9.17) is 5.11 Å². The number of carboxylic acids is 1. The Morgan fingerprint density at radius 1 is 1.10 bits per heavy atom. The zero-order chi connectivity index (χ0) is 15.1. The summed E-state index contributed by atoms with van der Waals surface area (Å²) in [6.45, 7) is 10.0. The Bertz CT molecular complexity index is 431. The molecule has 20 heavy (non-hydrogen) atoms. The highest BCUT2D eigenvalue weighted by Gasteiger charge is 2.13. The number of rotatable bonds is 8. The minimum absolute atomic E-state index is 0.193. The Morgan fingerprint density at radius 2 is 1.70 bits per heavy atom. The van der Waals surface area contributed by atoms with Gasteiger partial charge < -0.3 is 10.0 Å². The van der Waals surface area contributed by atoms with E-state index >= 15 is 0 Å². The number of hydrogen-bond acceptors (Lipinski definition) is 2. The smallest absolute Gasteiger partial charge is 0.305 e. The molecule has 0 aromatic heterocycles. The number of anilines is 1. The predicted molar refractivity (Wildman–Crippen MR) is 84.6 cm³/mol. The van der Waals surface area contributed by atoms with Gasteiger partial charge in [-0.1, -0.05) is 37.5 Å². The monoisotopic (exact) mass is 277 g/mol. The molecule has 112 valence electrons. The summed E-state index contributed by atoms with van der Waals surface area (Å²) in [5.41, 5.74) is 4.96. The number of benzene rings is 1. The van der Waals surface area contributed by atoms with Crippen LogP contribution in [-0.4, -0.2) is 24.2 Å². The van der Waals surface area contributed by atoms with Gasteiger partial charge in [0.05, 0.1) is 6.42 Å². The van der Waals surface area contributed by atoms with Crippen LogP contribution < -0.4 is 4.90 Å². The fraction of sp³-hybridized carbons (Fsp3) is 0.588. The number of carbonyl (C=O) groups is 1. The molecule has 0 aliphatic carbocycles. The number of carboxylic acid groups (broad SMARTS) is 1. The molecular formula is C17H27NO2. The molecule has 0 amide bonds. The second-order valence-electron chi connectivity index (χ2n) is 5.59. The molecule has 0 fully saturated rings. The normalized spacial score (nSPS) is 10.6. The van der Waals surface area contributed by atoms with Crippen molar-refractivity contribution in [2.45, 2.75) is 53.4 Å². The molecule has 3 heteroatoms. The van der Waals surface area contributed by atoms with Crippen molar-refractivity contribution in [1.29, 1.82) is 0 Å². The van der Waals surface area contributed by atoms with Gasteiger partial charge in [0.25, 0.3) is 0 Å². The number of aryl methyl sites for hydroxylation is 3. The van der Waals surface area contributed by atoms with Crippen molar-refractivity contribution in [3.63, 3.8) is 0 Å². The maximum absolute atomic E-state index is 10.9. The molecule has 0 radical (unpaired) electrons. The van der Waals surface area contributed by atoms with E-state index in [1.807, 2.05) is 0 Å². The summed E-state index contributed by atoms with van der Waals surface area (Å²) in [5, 5.41) is 8.94. The predicted octanol–water partition coefficient (Wildman–Crippen LogP) is 4.08. The summed E-state index contributed by atoms with van der Waals surface area (Å²) in [7, 11) is 0. The quantitative estimate of drug-likeness (QED) is 0.728. The standard InChI is InChI=1S/C17H27NO2/c1-5-6-7-9-18(10-8-16(19)20)17-14(3)11-13(2)12-15(17)4/h11-12H,5-10H2,1-4H3,(H,19,20). The molecule has 1 rings (SSSR count). The molecule has 0 heterocycles. The van der Waals surface area contributed by atoms with E-state index in [0.717, 1.165) is 13.0 Å². The Morgan fingerprint density at radius 3 is 2.20 bits per heavy atom. The van der Waals surface area contributed by atoms with Gasteiger partial charge in [-0.05, 0) is 38.3 Å². The van der Waals surface area contributed by atoms with E-state index < -0.39 is 5.97 Å². The van der Waals surface area contributed by atoms with Crippen LogP contribution in [0.25, 0.3) is 0 Å².